The highest BCUT2D eigenvalue weighted by Crippen LogP contribution is 2.41. The lowest BCUT2D eigenvalue weighted by Gasteiger charge is -2.35. The molecule has 0 radical (unpaired) electrons. The van der Waals surface area contributed by atoms with Gasteiger partial charge in [-0.2, -0.15) is 26.3 Å². The highest BCUT2D eigenvalue weighted by atomic mass is 19.4. The van der Waals surface area contributed by atoms with E-state index in [1.807, 2.05) is 6.92 Å². The first kappa shape index (κ1) is 38.2. The van der Waals surface area contributed by atoms with Crippen LogP contribution in [-0.4, -0.2) is 36.9 Å². The van der Waals surface area contributed by atoms with Gasteiger partial charge in [-0.1, -0.05) is 38.8 Å². The summed E-state index contributed by atoms with van der Waals surface area (Å²) >= 11 is 0. The molecule has 3 aromatic rings. The Balaban J connectivity index is 1.81. The Kier molecular flexibility index (Phi) is 11.8. The summed E-state index contributed by atoms with van der Waals surface area (Å²) in [7, 11) is 0. The molecular weight excluding hydrogens is 626 g/mol. The van der Waals surface area contributed by atoms with Crippen LogP contribution >= 0.6 is 0 Å². The summed E-state index contributed by atoms with van der Waals surface area (Å²) in [6, 6.07) is 9.41. The molecule has 0 fully saturated rings. The second-order valence-corrected chi connectivity index (χ2v) is 14.1. The second-order valence-electron chi connectivity index (χ2n) is 14.1. The van der Waals surface area contributed by atoms with E-state index in [1.165, 1.54) is 31.2 Å². The molecule has 0 amide bonds. The summed E-state index contributed by atoms with van der Waals surface area (Å²) in [6.07, 6.45) is -7.07. The van der Waals surface area contributed by atoms with Crippen molar-refractivity contribution in [3.8, 4) is 17.1 Å². The molecule has 6 nitrogen and oxygen atoms in total. The van der Waals surface area contributed by atoms with Gasteiger partial charge >= 0.3 is 18.3 Å². The molecule has 0 aliphatic heterocycles. The minimum Gasteiger partial charge on any atom is -0.493 e. The van der Waals surface area contributed by atoms with Crippen LogP contribution in [0.5, 0.6) is 5.75 Å². The average Bonchev–Trinajstić information content (AvgIpc) is 3.36. The van der Waals surface area contributed by atoms with Gasteiger partial charge in [-0.15, -0.1) is 0 Å². The number of carbonyl (C=O) groups excluding carboxylic acids is 1. The Bertz CT molecular complexity index is 1510. The van der Waals surface area contributed by atoms with Gasteiger partial charge in [-0.3, -0.25) is 4.79 Å². The molecule has 0 bridgehead atoms. The van der Waals surface area contributed by atoms with Gasteiger partial charge in [-0.05, 0) is 76.8 Å². The molecule has 3 rings (SSSR count). The van der Waals surface area contributed by atoms with Crippen LogP contribution in [0, 0.1) is 10.8 Å². The van der Waals surface area contributed by atoms with Gasteiger partial charge in [-0.25, -0.2) is 0 Å². The molecule has 2 atom stereocenters. The van der Waals surface area contributed by atoms with Crippen molar-refractivity contribution in [1.29, 1.82) is 0 Å². The van der Waals surface area contributed by atoms with E-state index in [-0.39, 0.29) is 29.1 Å². The first-order valence-corrected chi connectivity index (χ1v) is 15.7. The van der Waals surface area contributed by atoms with Crippen LogP contribution in [0.2, 0.25) is 0 Å². The minimum absolute atomic E-state index is 0.00255. The molecule has 0 aliphatic carbocycles. The molecule has 4 N–H and O–H groups in total. The molecule has 0 saturated carbocycles. The van der Waals surface area contributed by atoms with Gasteiger partial charge in [0.1, 0.15) is 23.7 Å². The van der Waals surface area contributed by atoms with Gasteiger partial charge in [0.15, 0.2) is 0 Å². The maximum absolute atomic E-state index is 14.0. The average molecular weight is 673 g/mol. The van der Waals surface area contributed by atoms with E-state index in [0.29, 0.717) is 17.4 Å². The minimum atomic E-state index is -4.61. The Labute approximate surface area is 272 Å². The van der Waals surface area contributed by atoms with Gasteiger partial charge in [0.25, 0.3) is 0 Å². The lowest BCUT2D eigenvalue weighted by atomic mass is 9.79. The number of unbranched alkanes of at least 4 members (excludes halogenated alkanes) is 2. The zero-order chi connectivity index (χ0) is 35.4. The van der Waals surface area contributed by atoms with Crippen LogP contribution in [0.1, 0.15) is 84.8 Å². The fraction of sp³-hybridized carbons (Fsp3) is 0.571. The SMILES string of the molecule is CCCCCc1ccc(-c2cc3ccc(OCC(C)(COC(=O)C(C)(C)C(N)CC(C)(C)N)CC(F)(F)F)cc3o2)c(C(F)(F)F)c1. The fourth-order valence-electron chi connectivity index (χ4n) is 5.29. The van der Waals surface area contributed by atoms with Crippen molar-refractivity contribution in [3.05, 3.63) is 53.6 Å². The number of benzene rings is 2. The summed E-state index contributed by atoms with van der Waals surface area (Å²) in [4.78, 5) is 13.0. The van der Waals surface area contributed by atoms with Crippen molar-refractivity contribution < 1.29 is 45.0 Å². The highest BCUT2D eigenvalue weighted by molar-refractivity contribution is 5.84. The quantitative estimate of drug-likeness (QED) is 0.0949. The number of nitrogens with two attached hydrogens (primary N) is 2. The molecule has 47 heavy (non-hydrogen) atoms. The molecule has 12 heteroatoms. The van der Waals surface area contributed by atoms with Crippen molar-refractivity contribution in [2.24, 2.45) is 22.3 Å². The molecule has 0 spiro atoms. The number of carbonyl (C=O) groups is 1. The largest absolute Gasteiger partial charge is 0.493 e. The van der Waals surface area contributed by atoms with Crippen LogP contribution in [0.3, 0.4) is 0 Å². The van der Waals surface area contributed by atoms with Crippen molar-refractivity contribution in [1.82, 2.24) is 0 Å². The van der Waals surface area contributed by atoms with Crippen molar-refractivity contribution in [2.45, 2.75) is 104 Å². The van der Waals surface area contributed by atoms with E-state index in [0.717, 1.165) is 25.3 Å². The number of halogens is 6. The van der Waals surface area contributed by atoms with Crippen molar-refractivity contribution in [3.63, 3.8) is 0 Å². The molecule has 1 heterocycles. The van der Waals surface area contributed by atoms with E-state index < -0.39 is 65.9 Å². The summed E-state index contributed by atoms with van der Waals surface area (Å²) in [5, 5.41) is 0.485. The van der Waals surface area contributed by atoms with Gasteiger partial charge in [0, 0.05) is 34.0 Å². The summed E-state index contributed by atoms with van der Waals surface area (Å²) in [5.41, 5.74) is 8.51. The molecule has 0 aliphatic rings. The molecule has 0 saturated heterocycles. The molecule has 2 unspecified atom stereocenters. The van der Waals surface area contributed by atoms with Crippen LogP contribution in [0.15, 0.2) is 46.9 Å². The topological polar surface area (TPSA) is 101 Å². The molecule has 2 aromatic carbocycles. The number of aryl methyl sites for hydroxylation is 1. The van der Waals surface area contributed by atoms with Crippen molar-refractivity contribution in [2.75, 3.05) is 13.2 Å². The Morgan fingerprint density at radius 2 is 1.60 bits per heavy atom. The number of rotatable bonds is 15. The van der Waals surface area contributed by atoms with E-state index in [4.69, 9.17) is 25.4 Å². The maximum atomic E-state index is 14.0. The third-order valence-corrected chi connectivity index (χ3v) is 8.18. The van der Waals surface area contributed by atoms with E-state index in [1.54, 1.807) is 39.8 Å². The fourth-order valence-corrected chi connectivity index (χ4v) is 5.29. The van der Waals surface area contributed by atoms with Crippen LogP contribution in [0.4, 0.5) is 26.3 Å². The second kappa shape index (κ2) is 14.5. The zero-order valence-electron chi connectivity index (χ0n) is 27.8. The van der Waals surface area contributed by atoms with E-state index in [9.17, 15) is 31.1 Å². The summed E-state index contributed by atoms with van der Waals surface area (Å²) < 4.78 is 99.9. The smallest absolute Gasteiger partial charge is 0.417 e. The number of fused-ring (bicyclic) bond motifs is 1. The van der Waals surface area contributed by atoms with E-state index >= 15 is 0 Å². The van der Waals surface area contributed by atoms with Gasteiger partial charge in [0.05, 0.1) is 24.0 Å². The number of hydrogen-bond acceptors (Lipinski definition) is 6. The standard InChI is InChI=1S/C35H46F6N2O4/c1-7-8-9-10-22-11-14-25(26(15-22)35(39,40)41)28-16-23-12-13-24(17-27(23)47-28)45-20-33(6,19-34(36,37)38)21-46-30(44)32(4,5)29(42)18-31(2,3)43/h11-17,29H,7-10,18-21,42-43H2,1-6H3. The first-order valence-electron chi connectivity index (χ1n) is 15.7. The van der Waals surface area contributed by atoms with Crippen LogP contribution in [-0.2, 0) is 22.1 Å². The monoisotopic (exact) mass is 672 g/mol. The Morgan fingerprint density at radius 3 is 2.19 bits per heavy atom. The summed E-state index contributed by atoms with van der Waals surface area (Å²) in [6.45, 7) is 8.82. The Hall–Kier alpha value is -3.25. The summed E-state index contributed by atoms with van der Waals surface area (Å²) in [5.74, 6) is -0.635. The lowest BCUT2D eigenvalue weighted by molar-refractivity contribution is -0.179. The third kappa shape index (κ3) is 10.9. The number of alkyl halides is 6. The molecule has 1 aromatic heterocycles. The first-order chi connectivity index (χ1) is 21.5. The van der Waals surface area contributed by atoms with Gasteiger partial charge in [0.2, 0.25) is 0 Å². The van der Waals surface area contributed by atoms with Crippen LogP contribution in [0.25, 0.3) is 22.3 Å². The third-order valence-electron chi connectivity index (χ3n) is 8.18. The molecule has 262 valence electrons. The predicted octanol–water partition coefficient (Wildman–Crippen LogP) is 9.21. The Morgan fingerprint density at radius 1 is 0.915 bits per heavy atom. The van der Waals surface area contributed by atoms with Crippen molar-refractivity contribution >= 4 is 16.9 Å². The van der Waals surface area contributed by atoms with Crippen LogP contribution < -0.4 is 16.2 Å². The number of ether oxygens (including phenoxy) is 2. The highest BCUT2D eigenvalue weighted by Gasteiger charge is 2.44. The zero-order valence-corrected chi connectivity index (χ0v) is 27.8. The normalized spacial score (nSPS) is 15.0. The predicted molar refractivity (Wildman–Crippen MR) is 170 cm³/mol. The van der Waals surface area contributed by atoms with E-state index in [2.05, 4.69) is 0 Å². The number of esters is 1. The lowest BCUT2D eigenvalue weighted by Crippen LogP contribution is -2.50. The number of furan rings is 1. The number of hydrogen-bond donors (Lipinski definition) is 2. The molecular formula is C35H46F6N2O4. The van der Waals surface area contributed by atoms with Gasteiger partial charge < -0.3 is 25.4 Å². The maximum Gasteiger partial charge on any atom is 0.417 e.